The molecular weight excluding hydrogens is 186 g/mol. The molecule has 0 spiro atoms. The second-order valence-electron chi connectivity index (χ2n) is 3.97. The van der Waals surface area contributed by atoms with Crippen molar-refractivity contribution >= 4 is 0 Å². The lowest BCUT2D eigenvalue weighted by Gasteiger charge is -2.05. The average Bonchev–Trinajstić information content (AvgIpc) is 2.58. The maximum atomic E-state index is 4.42. The van der Waals surface area contributed by atoms with Gasteiger partial charge < -0.3 is 5.32 Å². The number of nitrogens with zero attached hydrogens (tertiary/aromatic N) is 2. The van der Waals surface area contributed by atoms with Gasteiger partial charge in [-0.05, 0) is 19.9 Å². The fourth-order valence-electron chi connectivity index (χ4n) is 1.66. The van der Waals surface area contributed by atoms with E-state index in [1.54, 1.807) is 0 Å². The Morgan fingerprint density at radius 1 is 1.33 bits per heavy atom. The zero-order valence-corrected chi connectivity index (χ0v) is 10.2. The first-order valence-electron chi connectivity index (χ1n) is 6.01. The van der Waals surface area contributed by atoms with Crippen LogP contribution in [0.15, 0.2) is 6.20 Å². The molecule has 15 heavy (non-hydrogen) atoms. The first kappa shape index (κ1) is 12.2. The van der Waals surface area contributed by atoms with Crippen LogP contribution in [-0.2, 0) is 13.1 Å². The third-order valence-electron chi connectivity index (χ3n) is 2.74. The van der Waals surface area contributed by atoms with E-state index in [1.807, 2.05) is 6.20 Å². The Kier molecular flexibility index (Phi) is 5.40. The lowest BCUT2D eigenvalue weighted by atomic mass is 10.2. The summed E-state index contributed by atoms with van der Waals surface area (Å²) in [6.07, 6.45) is 5.79. The normalized spacial score (nSPS) is 10.9. The van der Waals surface area contributed by atoms with Crippen molar-refractivity contribution in [1.29, 1.82) is 0 Å². The molecule has 0 radical (unpaired) electrons. The zero-order valence-electron chi connectivity index (χ0n) is 10.2. The molecule has 0 bridgehead atoms. The lowest BCUT2D eigenvalue weighted by Crippen LogP contribution is -2.12. The highest BCUT2D eigenvalue weighted by molar-refractivity contribution is 5.15. The van der Waals surface area contributed by atoms with E-state index in [0.29, 0.717) is 0 Å². The molecule has 1 heterocycles. The minimum Gasteiger partial charge on any atom is -0.313 e. The average molecular weight is 209 g/mol. The number of hydrogen-bond acceptors (Lipinski definition) is 2. The highest BCUT2D eigenvalue weighted by Gasteiger charge is 2.04. The van der Waals surface area contributed by atoms with Gasteiger partial charge in [-0.3, -0.25) is 4.68 Å². The molecule has 1 rings (SSSR count). The van der Waals surface area contributed by atoms with Crippen LogP contribution in [0.3, 0.4) is 0 Å². The number of rotatable bonds is 7. The maximum Gasteiger partial charge on any atom is 0.0537 e. The Labute approximate surface area is 92.9 Å². The Morgan fingerprint density at radius 2 is 2.13 bits per heavy atom. The highest BCUT2D eigenvalue weighted by Crippen LogP contribution is 2.08. The van der Waals surface area contributed by atoms with Crippen LogP contribution in [0.1, 0.15) is 44.4 Å². The van der Waals surface area contributed by atoms with Crippen molar-refractivity contribution in [1.82, 2.24) is 15.1 Å². The van der Waals surface area contributed by atoms with Crippen LogP contribution in [0.5, 0.6) is 0 Å². The topological polar surface area (TPSA) is 29.9 Å². The summed E-state index contributed by atoms with van der Waals surface area (Å²) >= 11 is 0. The third-order valence-corrected chi connectivity index (χ3v) is 2.74. The van der Waals surface area contributed by atoms with Crippen LogP contribution in [0.2, 0.25) is 0 Å². The summed E-state index contributed by atoms with van der Waals surface area (Å²) < 4.78 is 2.13. The number of aryl methyl sites for hydroxylation is 1. The fraction of sp³-hybridized carbons (Fsp3) is 0.750. The molecule has 3 nitrogen and oxygen atoms in total. The van der Waals surface area contributed by atoms with E-state index in [4.69, 9.17) is 0 Å². The predicted octanol–water partition coefficient (Wildman–Crippen LogP) is 2.49. The van der Waals surface area contributed by atoms with Gasteiger partial charge in [0.1, 0.15) is 0 Å². The van der Waals surface area contributed by atoms with Gasteiger partial charge in [0.05, 0.1) is 6.20 Å². The predicted molar refractivity (Wildman–Crippen MR) is 63.9 cm³/mol. The monoisotopic (exact) mass is 209 g/mol. The molecule has 1 aromatic rings. The van der Waals surface area contributed by atoms with Crippen LogP contribution in [0, 0.1) is 6.92 Å². The van der Waals surface area contributed by atoms with E-state index < -0.39 is 0 Å². The van der Waals surface area contributed by atoms with Gasteiger partial charge in [0, 0.05) is 24.3 Å². The van der Waals surface area contributed by atoms with E-state index in [1.165, 1.54) is 30.5 Å². The molecule has 0 atom stereocenters. The summed E-state index contributed by atoms with van der Waals surface area (Å²) in [5.74, 6) is 0. The van der Waals surface area contributed by atoms with Crippen molar-refractivity contribution in [3.8, 4) is 0 Å². The van der Waals surface area contributed by atoms with E-state index in [9.17, 15) is 0 Å². The highest BCUT2D eigenvalue weighted by atomic mass is 15.3. The van der Waals surface area contributed by atoms with Crippen molar-refractivity contribution in [3.63, 3.8) is 0 Å². The Hall–Kier alpha value is -0.830. The largest absolute Gasteiger partial charge is 0.313 e. The summed E-state index contributed by atoms with van der Waals surface area (Å²) in [4.78, 5) is 0. The van der Waals surface area contributed by atoms with Gasteiger partial charge >= 0.3 is 0 Å². The van der Waals surface area contributed by atoms with Gasteiger partial charge in [-0.25, -0.2) is 0 Å². The number of hydrogen-bond donors (Lipinski definition) is 1. The quantitative estimate of drug-likeness (QED) is 0.699. The molecule has 0 unspecified atom stereocenters. The molecule has 0 fully saturated rings. The molecule has 0 amide bonds. The van der Waals surface area contributed by atoms with Crippen LogP contribution in [-0.4, -0.2) is 16.3 Å². The molecule has 0 aliphatic heterocycles. The summed E-state index contributed by atoms with van der Waals surface area (Å²) in [7, 11) is 0. The maximum absolute atomic E-state index is 4.42. The smallest absolute Gasteiger partial charge is 0.0537 e. The van der Waals surface area contributed by atoms with Crippen LogP contribution >= 0.6 is 0 Å². The van der Waals surface area contributed by atoms with Crippen molar-refractivity contribution in [2.45, 2.75) is 53.1 Å². The van der Waals surface area contributed by atoms with Crippen molar-refractivity contribution in [3.05, 3.63) is 17.5 Å². The van der Waals surface area contributed by atoms with Gasteiger partial charge in [-0.1, -0.05) is 26.7 Å². The Balaban J connectivity index is 2.47. The SMILES string of the molecule is CCCCCn1ncc(CNCC)c1C. The second-order valence-corrected chi connectivity index (χ2v) is 3.97. The molecule has 1 aromatic heterocycles. The molecule has 3 heteroatoms. The first-order chi connectivity index (χ1) is 7.29. The van der Waals surface area contributed by atoms with E-state index in [-0.39, 0.29) is 0 Å². The van der Waals surface area contributed by atoms with Crippen LogP contribution < -0.4 is 5.32 Å². The molecule has 0 saturated heterocycles. The summed E-state index contributed by atoms with van der Waals surface area (Å²) in [6, 6.07) is 0. The van der Waals surface area contributed by atoms with E-state index in [2.05, 4.69) is 35.9 Å². The molecule has 0 saturated carbocycles. The standard InChI is InChI=1S/C12H23N3/c1-4-6-7-8-15-11(3)12(10-14-15)9-13-5-2/h10,13H,4-9H2,1-3H3. The fourth-order valence-corrected chi connectivity index (χ4v) is 1.66. The Morgan fingerprint density at radius 3 is 2.80 bits per heavy atom. The zero-order chi connectivity index (χ0) is 11.1. The van der Waals surface area contributed by atoms with Crippen molar-refractivity contribution in [2.24, 2.45) is 0 Å². The van der Waals surface area contributed by atoms with Gasteiger partial charge in [0.15, 0.2) is 0 Å². The third kappa shape index (κ3) is 3.67. The number of nitrogens with one attached hydrogen (secondary N) is 1. The molecular formula is C12H23N3. The van der Waals surface area contributed by atoms with Crippen LogP contribution in [0.4, 0.5) is 0 Å². The molecule has 0 aromatic carbocycles. The van der Waals surface area contributed by atoms with Gasteiger partial charge in [0.2, 0.25) is 0 Å². The van der Waals surface area contributed by atoms with Gasteiger partial charge in [0.25, 0.3) is 0 Å². The van der Waals surface area contributed by atoms with E-state index in [0.717, 1.165) is 19.6 Å². The van der Waals surface area contributed by atoms with Gasteiger partial charge in [-0.2, -0.15) is 5.10 Å². The van der Waals surface area contributed by atoms with Crippen LogP contribution in [0.25, 0.3) is 0 Å². The lowest BCUT2D eigenvalue weighted by molar-refractivity contribution is 0.541. The number of aromatic nitrogens is 2. The van der Waals surface area contributed by atoms with E-state index >= 15 is 0 Å². The molecule has 1 N–H and O–H groups in total. The summed E-state index contributed by atoms with van der Waals surface area (Å²) in [5, 5.41) is 7.75. The first-order valence-corrected chi connectivity index (χ1v) is 6.01. The molecule has 86 valence electrons. The van der Waals surface area contributed by atoms with Gasteiger partial charge in [-0.15, -0.1) is 0 Å². The minimum atomic E-state index is 0.941. The second kappa shape index (κ2) is 6.62. The van der Waals surface area contributed by atoms with Crippen molar-refractivity contribution < 1.29 is 0 Å². The van der Waals surface area contributed by atoms with Crippen molar-refractivity contribution in [2.75, 3.05) is 6.54 Å². The Bertz CT molecular complexity index is 278. The minimum absolute atomic E-state index is 0.941. The molecule has 0 aliphatic rings. The molecule has 0 aliphatic carbocycles. The summed E-state index contributed by atoms with van der Waals surface area (Å²) in [5.41, 5.74) is 2.64. The number of unbranched alkanes of at least 4 members (excludes halogenated alkanes) is 2. The summed E-state index contributed by atoms with van der Waals surface area (Å²) in [6.45, 7) is 9.53.